The van der Waals surface area contributed by atoms with Crippen LogP contribution in [0.5, 0.6) is 0 Å². The van der Waals surface area contributed by atoms with E-state index in [1.165, 1.54) is 43.2 Å². The van der Waals surface area contributed by atoms with Crippen LogP contribution >= 0.6 is 0 Å². The van der Waals surface area contributed by atoms with Crippen molar-refractivity contribution in [1.29, 1.82) is 0 Å². The predicted molar refractivity (Wildman–Crippen MR) is 106 cm³/mol. The summed E-state index contributed by atoms with van der Waals surface area (Å²) in [4.78, 5) is 0. The summed E-state index contributed by atoms with van der Waals surface area (Å²) < 4.78 is 12.2. The fourth-order valence-corrected chi connectivity index (χ4v) is 4.63. The lowest BCUT2D eigenvalue weighted by Gasteiger charge is -2.42. The van der Waals surface area contributed by atoms with Gasteiger partial charge in [-0.1, -0.05) is 67.6 Å². The Hall–Kier alpha value is -1.63. The molecule has 1 saturated carbocycles. The van der Waals surface area contributed by atoms with Crippen molar-refractivity contribution >= 4 is 5.57 Å². The zero-order valence-corrected chi connectivity index (χ0v) is 15.5. The monoisotopic (exact) mass is 338 g/mol. The molecule has 0 spiro atoms. The van der Waals surface area contributed by atoms with Crippen LogP contribution < -0.4 is 0 Å². The molecule has 1 heteroatoms. The number of benzene rings is 1. The third-order valence-corrected chi connectivity index (χ3v) is 6.33. The summed E-state index contributed by atoms with van der Waals surface area (Å²) in [6, 6.07) is 10.7. The van der Waals surface area contributed by atoms with Gasteiger partial charge in [-0.25, -0.2) is 0 Å². The summed E-state index contributed by atoms with van der Waals surface area (Å²) in [6.07, 6.45) is 19.7. The van der Waals surface area contributed by atoms with Gasteiger partial charge in [-0.05, 0) is 73.3 Å². The number of alkyl halides is 1. The summed E-state index contributed by atoms with van der Waals surface area (Å²) in [5.41, 5.74) is 3.03. The van der Waals surface area contributed by atoms with Crippen molar-refractivity contribution in [3.63, 3.8) is 0 Å². The minimum Gasteiger partial charge on any atom is -0.251 e. The summed E-state index contributed by atoms with van der Waals surface area (Å²) in [5, 5.41) is 0. The lowest BCUT2D eigenvalue weighted by atomic mass is 9.62. The van der Waals surface area contributed by atoms with Crippen molar-refractivity contribution in [2.24, 2.45) is 17.3 Å². The van der Waals surface area contributed by atoms with Crippen molar-refractivity contribution in [3.8, 4) is 0 Å². The summed E-state index contributed by atoms with van der Waals surface area (Å²) in [5.74, 6) is 1.45. The molecular weight excluding hydrogens is 307 g/mol. The zero-order valence-electron chi connectivity index (χ0n) is 15.5. The van der Waals surface area contributed by atoms with E-state index >= 15 is 0 Å². The van der Waals surface area contributed by atoms with Crippen molar-refractivity contribution in [2.75, 3.05) is 6.67 Å². The van der Waals surface area contributed by atoms with Gasteiger partial charge in [-0.15, -0.1) is 0 Å². The molecule has 25 heavy (non-hydrogen) atoms. The van der Waals surface area contributed by atoms with Crippen LogP contribution in [0, 0.1) is 17.3 Å². The van der Waals surface area contributed by atoms with E-state index in [-0.39, 0.29) is 6.67 Å². The van der Waals surface area contributed by atoms with Crippen LogP contribution in [0.4, 0.5) is 4.39 Å². The zero-order chi connectivity index (χ0) is 17.5. The lowest BCUT2D eigenvalue weighted by Crippen LogP contribution is -2.32. The van der Waals surface area contributed by atoms with Gasteiger partial charge in [-0.2, -0.15) is 0 Å². The largest absolute Gasteiger partial charge is 0.251 e. The first-order valence-electron chi connectivity index (χ1n) is 9.95. The Morgan fingerprint density at radius 3 is 2.48 bits per heavy atom. The van der Waals surface area contributed by atoms with Gasteiger partial charge in [0.1, 0.15) is 0 Å². The van der Waals surface area contributed by atoms with Crippen LogP contribution in [-0.2, 0) is 0 Å². The molecule has 2 aliphatic carbocycles. The van der Waals surface area contributed by atoms with Gasteiger partial charge in [0.05, 0.1) is 6.67 Å². The minimum atomic E-state index is -0.230. The summed E-state index contributed by atoms with van der Waals surface area (Å²) in [6.45, 7) is 2.12. The first-order valence-corrected chi connectivity index (χ1v) is 9.95. The van der Waals surface area contributed by atoms with Crippen LogP contribution in [0.15, 0.2) is 60.7 Å². The number of halogens is 1. The van der Waals surface area contributed by atoms with Gasteiger partial charge in [0.15, 0.2) is 0 Å². The second kappa shape index (κ2) is 8.65. The van der Waals surface area contributed by atoms with Gasteiger partial charge >= 0.3 is 0 Å². The molecule has 0 saturated heterocycles. The second-order valence-electron chi connectivity index (χ2n) is 7.67. The van der Waals surface area contributed by atoms with Gasteiger partial charge in [0.25, 0.3) is 0 Å². The molecular formula is C24H31F. The molecule has 0 heterocycles. The Morgan fingerprint density at radius 2 is 1.88 bits per heavy atom. The van der Waals surface area contributed by atoms with Crippen molar-refractivity contribution in [1.82, 2.24) is 0 Å². The molecule has 3 rings (SSSR count). The standard InChI is InChI=1S/C24H31F/c1-2-24(23-13-11-20(12-14-23)8-6-7-19-25)17-15-22(16-18-24)21-9-4-3-5-10-21/h3-6,8-10,15-17,20,23H,2,7,11-14,18-19H2,1H3. The highest BCUT2D eigenvalue weighted by atomic mass is 19.1. The second-order valence-corrected chi connectivity index (χ2v) is 7.67. The van der Waals surface area contributed by atoms with E-state index in [1.54, 1.807) is 0 Å². The van der Waals surface area contributed by atoms with Gasteiger partial charge in [-0.3, -0.25) is 4.39 Å². The van der Waals surface area contributed by atoms with Crippen molar-refractivity contribution < 1.29 is 4.39 Å². The number of rotatable bonds is 6. The molecule has 0 bridgehead atoms. The van der Waals surface area contributed by atoms with Gasteiger partial charge in [0.2, 0.25) is 0 Å². The average molecular weight is 339 g/mol. The molecule has 0 aliphatic heterocycles. The van der Waals surface area contributed by atoms with E-state index in [0.29, 0.717) is 17.8 Å². The fraction of sp³-hybridized carbons (Fsp3) is 0.500. The van der Waals surface area contributed by atoms with E-state index < -0.39 is 0 Å². The first-order chi connectivity index (χ1) is 12.3. The van der Waals surface area contributed by atoms with Crippen LogP contribution in [0.1, 0.15) is 57.4 Å². The molecule has 1 unspecified atom stereocenters. The van der Waals surface area contributed by atoms with Crippen molar-refractivity contribution in [3.05, 3.63) is 66.3 Å². The van der Waals surface area contributed by atoms with Crippen LogP contribution in [0.25, 0.3) is 5.57 Å². The highest BCUT2D eigenvalue weighted by Crippen LogP contribution is 2.48. The minimum absolute atomic E-state index is 0.230. The Labute approximate surface area is 152 Å². The third kappa shape index (κ3) is 4.32. The SMILES string of the molecule is CCC1(C2CCC(C=CCCF)CC2)C=CC(c2ccccc2)=CC1. The number of hydrogen-bond acceptors (Lipinski definition) is 0. The molecule has 1 aromatic carbocycles. The Balaban J connectivity index is 1.62. The Morgan fingerprint density at radius 1 is 1.12 bits per heavy atom. The van der Waals surface area contributed by atoms with E-state index in [1.807, 2.05) is 6.08 Å². The van der Waals surface area contributed by atoms with Crippen molar-refractivity contribution in [2.45, 2.75) is 51.9 Å². The predicted octanol–water partition coefficient (Wildman–Crippen LogP) is 7.15. The maximum atomic E-state index is 12.2. The maximum absolute atomic E-state index is 12.2. The molecule has 1 atom stereocenters. The number of allylic oxidation sites excluding steroid dienone is 6. The average Bonchev–Trinajstić information content (AvgIpc) is 2.69. The molecule has 0 nitrogen and oxygen atoms in total. The highest BCUT2D eigenvalue weighted by molar-refractivity contribution is 5.75. The van der Waals surface area contributed by atoms with E-state index in [2.05, 4.69) is 61.6 Å². The van der Waals surface area contributed by atoms with Gasteiger partial charge in [0, 0.05) is 0 Å². The number of hydrogen-bond donors (Lipinski definition) is 0. The molecule has 1 fully saturated rings. The molecule has 0 radical (unpaired) electrons. The lowest BCUT2D eigenvalue weighted by molar-refractivity contribution is 0.150. The summed E-state index contributed by atoms with van der Waals surface area (Å²) in [7, 11) is 0. The molecule has 0 amide bonds. The molecule has 1 aromatic rings. The van der Waals surface area contributed by atoms with Crippen LogP contribution in [0.2, 0.25) is 0 Å². The molecule has 134 valence electrons. The topological polar surface area (TPSA) is 0 Å². The van der Waals surface area contributed by atoms with E-state index in [9.17, 15) is 4.39 Å². The summed E-state index contributed by atoms with van der Waals surface area (Å²) >= 11 is 0. The Bertz CT molecular complexity index is 617. The quantitative estimate of drug-likeness (QED) is 0.483. The van der Waals surface area contributed by atoms with E-state index in [4.69, 9.17) is 0 Å². The van der Waals surface area contributed by atoms with Crippen LogP contribution in [-0.4, -0.2) is 6.67 Å². The highest BCUT2D eigenvalue weighted by Gasteiger charge is 2.37. The fourth-order valence-electron chi connectivity index (χ4n) is 4.63. The molecule has 2 aliphatic rings. The normalized spacial score (nSPS) is 29.8. The third-order valence-electron chi connectivity index (χ3n) is 6.33. The molecule has 0 aromatic heterocycles. The smallest absolute Gasteiger partial charge is 0.0928 e. The first kappa shape index (κ1) is 18.2. The Kier molecular flexibility index (Phi) is 6.29. The van der Waals surface area contributed by atoms with Gasteiger partial charge < -0.3 is 0 Å². The maximum Gasteiger partial charge on any atom is 0.0928 e. The van der Waals surface area contributed by atoms with E-state index in [0.717, 1.165) is 12.3 Å². The van der Waals surface area contributed by atoms with Crippen LogP contribution in [0.3, 0.4) is 0 Å². The molecule has 0 N–H and O–H groups in total.